The summed E-state index contributed by atoms with van der Waals surface area (Å²) in [5, 5.41) is 16.7. The van der Waals surface area contributed by atoms with Gasteiger partial charge in [0.2, 0.25) is 0 Å². The van der Waals surface area contributed by atoms with Gasteiger partial charge in [0.25, 0.3) is 0 Å². The summed E-state index contributed by atoms with van der Waals surface area (Å²) in [7, 11) is 0. The minimum Gasteiger partial charge on any atom is -0.393 e. The van der Waals surface area contributed by atoms with Crippen LogP contribution in [0.2, 0.25) is 0 Å². The Kier molecular flexibility index (Phi) is 14.1. The first kappa shape index (κ1) is 23.9. The molecule has 3 unspecified atom stereocenters. The molecular formula is C18H39IN4O. The molecule has 3 N–H and O–H groups in total. The molecule has 6 heteroatoms. The summed E-state index contributed by atoms with van der Waals surface area (Å²) in [6.07, 6.45) is 5.36. The maximum atomic E-state index is 9.91. The third-order valence-corrected chi connectivity index (χ3v) is 4.84. The molecule has 144 valence electrons. The number of rotatable bonds is 10. The Balaban J connectivity index is 0.00000529. The van der Waals surface area contributed by atoms with Crippen LogP contribution >= 0.6 is 24.0 Å². The van der Waals surface area contributed by atoms with Gasteiger partial charge in [0.1, 0.15) is 0 Å². The van der Waals surface area contributed by atoms with Gasteiger partial charge < -0.3 is 20.6 Å². The van der Waals surface area contributed by atoms with Crippen molar-refractivity contribution in [2.24, 2.45) is 10.9 Å². The van der Waals surface area contributed by atoms with Crippen LogP contribution < -0.4 is 10.6 Å². The van der Waals surface area contributed by atoms with Gasteiger partial charge in [-0.3, -0.25) is 4.99 Å². The molecule has 24 heavy (non-hydrogen) atoms. The predicted octanol–water partition coefficient (Wildman–Crippen LogP) is 2.83. The molecule has 0 aromatic carbocycles. The molecule has 1 fully saturated rings. The van der Waals surface area contributed by atoms with Crippen molar-refractivity contribution in [1.29, 1.82) is 0 Å². The topological polar surface area (TPSA) is 59.9 Å². The van der Waals surface area contributed by atoms with Crippen molar-refractivity contribution in [1.82, 2.24) is 15.5 Å². The molecule has 0 aromatic heterocycles. The highest BCUT2D eigenvalue weighted by atomic mass is 127. The average Bonchev–Trinajstić information content (AvgIpc) is 2.94. The minimum atomic E-state index is -0.159. The highest BCUT2D eigenvalue weighted by molar-refractivity contribution is 14.0. The Morgan fingerprint density at radius 1 is 1.25 bits per heavy atom. The van der Waals surface area contributed by atoms with E-state index in [1.54, 1.807) is 0 Å². The first-order chi connectivity index (χ1) is 11.1. The average molecular weight is 454 g/mol. The second kappa shape index (κ2) is 14.1. The molecule has 1 saturated carbocycles. The van der Waals surface area contributed by atoms with Crippen molar-refractivity contribution in [2.45, 2.75) is 71.9 Å². The number of hydrogen-bond donors (Lipinski definition) is 3. The zero-order valence-electron chi connectivity index (χ0n) is 16.1. The highest BCUT2D eigenvalue weighted by Crippen LogP contribution is 2.25. The molecular weight excluding hydrogens is 415 g/mol. The lowest BCUT2D eigenvalue weighted by molar-refractivity contribution is 0.136. The molecule has 0 aliphatic heterocycles. The summed E-state index contributed by atoms with van der Waals surface area (Å²) in [4.78, 5) is 7.15. The number of aliphatic imine (C=N–C) groups is 1. The lowest BCUT2D eigenvalue weighted by Gasteiger charge is -2.21. The number of nitrogens with one attached hydrogen (secondary N) is 2. The van der Waals surface area contributed by atoms with Crippen molar-refractivity contribution in [3.05, 3.63) is 0 Å². The van der Waals surface area contributed by atoms with E-state index in [0.29, 0.717) is 12.0 Å². The molecule has 5 nitrogen and oxygen atoms in total. The summed E-state index contributed by atoms with van der Waals surface area (Å²) in [5.41, 5.74) is 0. The summed E-state index contributed by atoms with van der Waals surface area (Å²) in [6, 6.07) is 0.414. The van der Waals surface area contributed by atoms with Crippen LogP contribution in [0.4, 0.5) is 0 Å². The molecule has 1 rings (SSSR count). The fraction of sp³-hybridized carbons (Fsp3) is 0.944. The lowest BCUT2D eigenvalue weighted by Crippen LogP contribution is -2.43. The zero-order chi connectivity index (χ0) is 17.1. The van der Waals surface area contributed by atoms with Crippen molar-refractivity contribution < 1.29 is 5.11 Å². The zero-order valence-corrected chi connectivity index (χ0v) is 18.4. The summed E-state index contributed by atoms with van der Waals surface area (Å²) >= 11 is 0. The van der Waals surface area contributed by atoms with Crippen molar-refractivity contribution >= 4 is 29.9 Å². The highest BCUT2D eigenvalue weighted by Gasteiger charge is 2.24. The maximum absolute atomic E-state index is 9.91. The third kappa shape index (κ3) is 9.42. The first-order valence-electron chi connectivity index (χ1n) is 9.55. The van der Waals surface area contributed by atoms with Crippen LogP contribution in [-0.2, 0) is 0 Å². The Labute approximate surface area is 166 Å². The lowest BCUT2D eigenvalue weighted by atomic mass is 10.1. The van der Waals surface area contributed by atoms with Gasteiger partial charge in [-0.2, -0.15) is 0 Å². The van der Waals surface area contributed by atoms with E-state index in [-0.39, 0.29) is 30.1 Å². The predicted molar refractivity (Wildman–Crippen MR) is 114 cm³/mol. The van der Waals surface area contributed by atoms with Crippen LogP contribution in [0.1, 0.15) is 59.8 Å². The molecule has 1 aliphatic carbocycles. The number of hydrogen-bond acceptors (Lipinski definition) is 3. The molecule has 0 heterocycles. The number of guanidine groups is 1. The van der Waals surface area contributed by atoms with E-state index in [1.807, 2.05) is 0 Å². The Morgan fingerprint density at radius 2 is 1.96 bits per heavy atom. The van der Waals surface area contributed by atoms with Crippen LogP contribution in [0.15, 0.2) is 4.99 Å². The van der Waals surface area contributed by atoms with Crippen molar-refractivity contribution in [3.8, 4) is 0 Å². The largest absolute Gasteiger partial charge is 0.393 e. The SMILES string of the molecule is CCNC(=NCC1CCCC1O)NC(C)CCCN(CC)CC.I. The van der Waals surface area contributed by atoms with Crippen molar-refractivity contribution in [2.75, 3.05) is 32.7 Å². The van der Waals surface area contributed by atoms with E-state index in [1.165, 1.54) is 13.0 Å². The van der Waals surface area contributed by atoms with Crippen LogP contribution in [0.25, 0.3) is 0 Å². The van der Waals surface area contributed by atoms with Gasteiger partial charge in [-0.1, -0.05) is 20.3 Å². The molecule has 0 amide bonds. The van der Waals surface area contributed by atoms with E-state index in [0.717, 1.165) is 57.8 Å². The molecule has 0 aromatic rings. The maximum Gasteiger partial charge on any atom is 0.191 e. The standard InChI is InChI=1S/C18H38N4O.HI/c1-5-19-18(20-14-16-11-8-12-17(16)23)21-15(4)10-9-13-22(6-2)7-3;/h15-17,23H,5-14H2,1-4H3,(H2,19,20,21);1H. The number of aliphatic hydroxyl groups excluding tert-OH is 1. The Bertz CT molecular complexity index is 337. The molecule has 0 bridgehead atoms. The van der Waals surface area contributed by atoms with Gasteiger partial charge in [0, 0.05) is 25.0 Å². The quantitative estimate of drug-likeness (QED) is 0.270. The minimum absolute atomic E-state index is 0. The van der Waals surface area contributed by atoms with Crippen LogP contribution in [0.5, 0.6) is 0 Å². The number of aliphatic hydroxyl groups is 1. The van der Waals surface area contributed by atoms with Gasteiger partial charge in [-0.15, -0.1) is 24.0 Å². The first-order valence-corrected chi connectivity index (χ1v) is 9.55. The normalized spacial score (nSPS) is 22.3. The molecule has 0 radical (unpaired) electrons. The second-order valence-corrected chi connectivity index (χ2v) is 6.69. The Hall–Kier alpha value is -0.0800. The fourth-order valence-corrected chi connectivity index (χ4v) is 3.23. The van der Waals surface area contributed by atoms with Gasteiger partial charge in [-0.25, -0.2) is 0 Å². The van der Waals surface area contributed by atoms with E-state index < -0.39 is 0 Å². The number of halogens is 1. The molecule has 1 aliphatic rings. The fourth-order valence-electron chi connectivity index (χ4n) is 3.23. The number of nitrogens with zero attached hydrogens (tertiary/aromatic N) is 2. The summed E-state index contributed by atoms with van der Waals surface area (Å²) in [6.45, 7) is 13.8. The molecule has 3 atom stereocenters. The molecule has 0 saturated heterocycles. The van der Waals surface area contributed by atoms with E-state index in [9.17, 15) is 5.11 Å². The van der Waals surface area contributed by atoms with E-state index in [2.05, 4.69) is 48.2 Å². The monoisotopic (exact) mass is 454 g/mol. The van der Waals surface area contributed by atoms with E-state index >= 15 is 0 Å². The van der Waals surface area contributed by atoms with Gasteiger partial charge in [-0.05, 0) is 59.2 Å². The molecule has 0 spiro atoms. The van der Waals surface area contributed by atoms with Gasteiger partial charge >= 0.3 is 0 Å². The van der Waals surface area contributed by atoms with Gasteiger partial charge in [0.05, 0.1) is 6.10 Å². The third-order valence-electron chi connectivity index (χ3n) is 4.84. The summed E-state index contributed by atoms with van der Waals surface area (Å²) < 4.78 is 0. The van der Waals surface area contributed by atoms with Crippen LogP contribution in [0, 0.1) is 5.92 Å². The van der Waals surface area contributed by atoms with Crippen molar-refractivity contribution in [3.63, 3.8) is 0 Å². The van der Waals surface area contributed by atoms with E-state index in [4.69, 9.17) is 0 Å². The second-order valence-electron chi connectivity index (χ2n) is 6.69. The van der Waals surface area contributed by atoms with Gasteiger partial charge in [0.15, 0.2) is 5.96 Å². The Morgan fingerprint density at radius 3 is 2.50 bits per heavy atom. The van der Waals surface area contributed by atoms with Crippen LogP contribution in [-0.4, -0.2) is 60.8 Å². The summed E-state index contributed by atoms with van der Waals surface area (Å²) in [5.74, 6) is 1.23. The van der Waals surface area contributed by atoms with Crippen LogP contribution in [0.3, 0.4) is 0 Å². The smallest absolute Gasteiger partial charge is 0.191 e.